The van der Waals surface area contributed by atoms with Crippen LogP contribution >= 0.6 is 0 Å². The summed E-state index contributed by atoms with van der Waals surface area (Å²) in [5.41, 5.74) is 2.12. The largest absolute Gasteiger partial charge is 0.494 e. The number of nitrogens with one attached hydrogen (secondary N) is 1. The second-order valence-electron chi connectivity index (χ2n) is 4.74. The number of halogens is 1. The topological polar surface area (TPSA) is 34.4 Å². The van der Waals surface area contributed by atoms with Gasteiger partial charge in [-0.25, -0.2) is 4.39 Å². The van der Waals surface area contributed by atoms with Gasteiger partial charge in [-0.05, 0) is 48.7 Å². The molecule has 0 aliphatic heterocycles. The Kier molecular flexibility index (Phi) is 5.18. The highest BCUT2D eigenvalue weighted by Gasteiger charge is 2.14. The average Bonchev–Trinajstić information content (AvgIpc) is 2.97. The lowest BCUT2D eigenvalue weighted by atomic mass is 10.00. The summed E-state index contributed by atoms with van der Waals surface area (Å²) < 4.78 is 23.7. The van der Waals surface area contributed by atoms with Gasteiger partial charge in [-0.2, -0.15) is 0 Å². The smallest absolute Gasteiger partial charge is 0.165 e. The Labute approximate surface area is 118 Å². The molecular formula is C16H20FNO2. The van der Waals surface area contributed by atoms with E-state index in [-0.39, 0.29) is 17.6 Å². The molecular weight excluding hydrogens is 257 g/mol. The molecule has 0 aliphatic carbocycles. The van der Waals surface area contributed by atoms with E-state index in [0.29, 0.717) is 0 Å². The molecule has 0 aliphatic rings. The van der Waals surface area contributed by atoms with Crippen LogP contribution in [0.1, 0.15) is 30.5 Å². The van der Waals surface area contributed by atoms with Crippen molar-refractivity contribution in [3.05, 3.63) is 53.7 Å². The van der Waals surface area contributed by atoms with Crippen LogP contribution in [-0.2, 0) is 6.42 Å². The van der Waals surface area contributed by atoms with E-state index in [1.54, 1.807) is 24.7 Å². The summed E-state index contributed by atoms with van der Waals surface area (Å²) in [5, 5.41) is 3.48. The number of rotatable bonds is 7. The maximum Gasteiger partial charge on any atom is 0.165 e. The molecule has 0 saturated heterocycles. The first-order valence-electron chi connectivity index (χ1n) is 6.82. The third-order valence-electron chi connectivity index (χ3n) is 3.24. The van der Waals surface area contributed by atoms with E-state index in [1.165, 1.54) is 13.2 Å². The SMILES string of the molecule is CCCNC(Cc1ccoc1)c1ccc(F)c(OC)c1. The average molecular weight is 277 g/mol. The molecule has 2 aromatic rings. The maximum atomic E-state index is 13.5. The zero-order valence-electron chi connectivity index (χ0n) is 11.9. The van der Waals surface area contributed by atoms with Crippen LogP contribution in [0.5, 0.6) is 5.75 Å². The van der Waals surface area contributed by atoms with Gasteiger partial charge in [-0.1, -0.05) is 13.0 Å². The fraction of sp³-hybridized carbons (Fsp3) is 0.375. The van der Waals surface area contributed by atoms with Crippen LogP contribution < -0.4 is 10.1 Å². The van der Waals surface area contributed by atoms with E-state index in [2.05, 4.69) is 12.2 Å². The van der Waals surface area contributed by atoms with Gasteiger partial charge in [0.15, 0.2) is 11.6 Å². The fourth-order valence-corrected chi connectivity index (χ4v) is 2.16. The van der Waals surface area contributed by atoms with Gasteiger partial charge in [0.1, 0.15) is 0 Å². The lowest BCUT2D eigenvalue weighted by Gasteiger charge is -2.19. The summed E-state index contributed by atoms with van der Waals surface area (Å²) >= 11 is 0. The zero-order valence-corrected chi connectivity index (χ0v) is 11.9. The van der Waals surface area contributed by atoms with Crippen molar-refractivity contribution in [2.45, 2.75) is 25.8 Å². The van der Waals surface area contributed by atoms with Crippen LogP contribution in [0.3, 0.4) is 0 Å². The van der Waals surface area contributed by atoms with Crippen LogP contribution in [0.4, 0.5) is 4.39 Å². The maximum absolute atomic E-state index is 13.5. The molecule has 4 heteroatoms. The lowest BCUT2D eigenvalue weighted by Crippen LogP contribution is -2.24. The number of benzene rings is 1. The first-order valence-corrected chi connectivity index (χ1v) is 6.82. The lowest BCUT2D eigenvalue weighted by molar-refractivity contribution is 0.384. The van der Waals surface area contributed by atoms with E-state index in [1.807, 2.05) is 6.07 Å². The molecule has 0 spiro atoms. The van der Waals surface area contributed by atoms with Crippen LogP contribution in [-0.4, -0.2) is 13.7 Å². The Morgan fingerprint density at radius 3 is 2.85 bits per heavy atom. The molecule has 20 heavy (non-hydrogen) atoms. The van der Waals surface area contributed by atoms with Gasteiger partial charge < -0.3 is 14.5 Å². The van der Waals surface area contributed by atoms with E-state index in [0.717, 1.165) is 30.5 Å². The Bertz CT molecular complexity index is 525. The molecule has 0 bridgehead atoms. The molecule has 2 rings (SSSR count). The minimum Gasteiger partial charge on any atom is -0.494 e. The molecule has 1 heterocycles. The molecule has 1 N–H and O–H groups in total. The summed E-state index contributed by atoms with van der Waals surface area (Å²) in [4.78, 5) is 0. The van der Waals surface area contributed by atoms with Gasteiger partial charge in [0.2, 0.25) is 0 Å². The van der Waals surface area contributed by atoms with Crippen molar-refractivity contribution in [3.63, 3.8) is 0 Å². The van der Waals surface area contributed by atoms with Crippen molar-refractivity contribution < 1.29 is 13.5 Å². The number of methoxy groups -OCH3 is 1. The molecule has 0 amide bonds. The van der Waals surface area contributed by atoms with E-state index in [4.69, 9.17) is 9.15 Å². The summed E-state index contributed by atoms with van der Waals surface area (Å²) in [5.74, 6) is -0.0632. The van der Waals surface area contributed by atoms with Gasteiger partial charge in [0.05, 0.1) is 19.6 Å². The first-order chi connectivity index (χ1) is 9.74. The highest BCUT2D eigenvalue weighted by atomic mass is 19.1. The number of hydrogen-bond donors (Lipinski definition) is 1. The molecule has 1 unspecified atom stereocenters. The predicted octanol–water partition coefficient (Wildman–Crippen LogP) is 3.71. The Morgan fingerprint density at radius 1 is 1.35 bits per heavy atom. The van der Waals surface area contributed by atoms with E-state index < -0.39 is 0 Å². The number of furan rings is 1. The first kappa shape index (κ1) is 14.6. The predicted molar refractivity (Wildman–Crippen MR) is 76.4 cm³/mol. The Hall–Kier alpha value is -1.81. The third-order valence-corrected chi connectivity index (χ3v) is 3.24. The van der Waals surface area contributed by atoms with Crippen molar-refractivity contribution in [2.24, 2.45) is 0 Å². The van der Waals surface area contributed by atoms with E-state index in [9.17, 15) is 4.39 Å². The molecule has 0 fully saturated rings. The molecule has 0 radical (unpaired) electrons. The minimum atomic E-state index is -0.339. The van der Waals surface area contributed by atoms with Crippen LogP contribution in [0.15, 0.2) is 41.2 Å². The highest BCUT2D eigenvalue weighted by molar-refractivity contribution is 5.33. The fourth-order valence-electron chi connectivity index (χ4n) is 2.16. The van der Waals surface area contributed by atoms with Crippen molar-refractivity contribution in [1.82, 2.24) is 5.32 Å². The summed E-state index contributed by atoms with van der Waals surface area (Å²) in [6.07, 6.45) is 5.24. The van der Waals surface area contributed by atoms with Crippen LogP contribution in [0, 0.1) is 5.82 Å². The monoisotopic (exact) mass is 277 g/mol. The molecule has 3 nitrogen and oxygen atoms in total. The van der Waals surface area contributed by atoms with Crippen LogP contribution in [0.25, 0.3) is 0 Å². The van der Waals surface area contributed by atoms with Crippen molar-refractivity contribution in [1.29, 1.82) is 0 Å². The normalized spacial score (nSPS) is 12.3. The van der Waals surface area contributed by atoms with Crippen molar-refractivity contribution >= 4 is 0 Å². The highest BCUT2D eigenvalue weighted by Crippen LogP contribution is 2.25. The van der Waals surface area contributed by atoms with Crippen molar-refractivity contribution in [2.75, 3.05) is 13.7 Å². The molecule has 1 atom stereocenters. The number of ether oxygens (including phenoxy) is 1. The Balaban J connectivity index is 2.20. The van der Waals surface area contributed by atoms with E-state index >= 15 is 0 Å². The summed E-state index contributed by atoms with van der Waals surface area (Å²) in [6, 6.07) is 7.06. The standard InChI is InChI=1S/C16H20FNO2/c1-3-7-18-15(9-12-6-8-20-11-12)13-4-5-14(17)16(10-13)19-2/h4-6,8,10-11,15,18H,3,7,9H2,1-2H3. The van der Waals surface area contributed by atoms with Gasteiger partial charge >= 0.3 is 0 Å². The molecule has 1 aromatic carbocycles. The third kappa shape index (κ3) is 3.61. The second-order valence-corrected chi connectivity index (χ2v) is 4.74. The quantitative estimate of drug-likeness (QED) is 0.837. The zero-order chi connectivity index (χ0) is 14.4. The van der Waals surface area contributed by atoms with Crippen molar-refractivity contribution in [3.8, 4) is 5.75 Å². The Morgan fingerprint density at radius 2 is 2.20 bits per heavy atom. The van der Waals surface area contributed by atoms with Gasteiger partial charge in [-0.15, -0.1) is 0 Å². The second kappa shape index (κ2) is 7.10. The molecule has 1 aromatic heterocycles. The minimum absolute atomic E-state index is 0.113. The summed E-state index contributed by atoms with van der Waals surface area (Å²) in [7, 11) is 1.48. The van der Waals surface area contributed by atoms with Gasteiger partial charge in [0, 0.05) is 6.04 Å². The summed E-state index contributed by atoms with van der Waals surface area (Å²) in [6.45, 7) is 3.02. The number of hydrogen-bond acceptors (Lipinski definition) is 3. The molecule has 0 saturated carbocycles. The van der Waals surface area contributed by atoms with Gasteiger partial charge in [-0.3, -0.25) is 0 Å². The van der Waals surface area contributed by atoms with Crippen LogP contribution in [0.2, 0.25) is 0 Å². The van der Waals surface area contributed by atoms with Gasteiger partial charge in [0.25, 0.3) is 0 Å². The molecule has 108 valence electrons.